The van der Waals surface area contributed by atoms with Crippen LogP contribution in [-0.4, -0.2) is 29.2 Å². The molecule has 4 aliphatic carbocycles. The van der Waals surface area contributed by atoms with Crippen LogP contribution >= 0.6 is 11.6 Å². The molecule has 0 unspecified atom stereocenters. The summed E-state index contributed by atoms with van der Waals surface area (Å²) in [5, 5.41) is 3.10. The van der Waals surface area contributed by atoms with E-state index >= 15 is 0 Å². The molecule has 5 aliphatic rings. The van der Waals surface area contributed by atoms with E-state index in [1.807, 2.05) is 0 Å². The molecule has 2 saturated carbocycles. The number of rotatable bonds is 3. The number of imide groups is 1. The molecule has 1 saturated heterocycles. The van der Waals surface area contributed by atoms with Crippen molar-refractivity contribution in [3.63, 3.8) is 0 Å². The third kappa shape index (κ3) is 2.11. The van der Waals surface area contributed by atoms with E-state index in [9.17, 15) is 14.4 Å². The van der Waals surface area contributed by atoms with Gasteiger partial charge in [0.25, 0.3) is 0 Å². The molecule has 3 fully saturated rings. The zero-order chi connectivity index (χ0) is 17.3. The second-order valence-electron chi connectivity index (χ2n) is 7.45. The molecule has 0 aromatic heterocycles. The molecular formula is C19H17ClN2O3. The molecule has 128 valence electrons. The van der Waals surface area contributed by atoms with E-state index in [0.29, 0.717) is 22.5 Å². The van der Waals surface area contributed by atoms with Gasteiger partial charge in [-0.25, -0.2) is 0 Å². The average molecular weight is 357 g/mol. The molecule has 1 aromatic rings. The molecule has 0 radical (unpaired) electrons. The Balaban J connectivity index is 1.34. The molecule has 6 heteroatoms. The van der Waals surface area contributed by atoms with E-state index in [2.05, 4.69) is 17.5 Å². The van der Waals surface area contributed by atoms with E-state index in [4.69, 9.17) is 11.6 Å². The van der Waals surface area contributed by atoms with Crippen LogP contribution in [-0.2, 0) is 14.4 Å². The monoisotopic (exact) mass is 356 g/mol. The van der Waals surface area contributed by atoms with Crippen LogP contribution < -0.4 is 5.32 Å². The number of benzene rings is 1. The van der Waals surface area contributed by atoms with Gasteiger partial charge < -0.3 is 5.32 Å². The van der Waals surface area contributed by atoms with Crippen molar-refractivity contribution in [3.8, 4) is 0 Å². The predicted octanol–water partition coefficient (Wildman–Crippen LogP) is 2.33. The summed E-state index contributed by atoms with van der Waals surface area (Å²) in [6.45, 7) is -0.245. The highest BCUT2D eigenvalue weighted by atomic mass is 35.5. The Bertz CT molecular complexity index is 800. The van der Waals surface area contributed by atoms with Crippen LogP contribution in [0, 0.1) is 35.5 Å². The molecule has 1 N–H and O–H groups in total. The fraction of sp³-hybridized carbons (Fsp3) is 0.421. The molecule has 25 heavy (non-hydrogen) atoms. The van der Waals surface area contributed by atoms with Crippen molar-refractivity contribution in [2.75, 3.05) is 11.9 Å². The van der Waals surface area contributed by atoms with Crippen LogP contribution in [0.15, 0.2) is 36.4 Å². The van der Waals surface area contributed by atoms with Crippen LogP contribution in [0.4, 0.5) is 5.69 Å². The van der Waals surface area contributed by atoms with Gasteiger partial charge in [-0.2, -0.15) is 0 Å². The highest BCUT2D eigenvalue weighted by molar-refractivity contribution is 6.33. The van der Waals surface area contributed by atoms with E-state index in [-0.39, 0.29) is 42.0 Å². The van der Waals surface area contributed by atoms with Gasteiger partial charge in [-0.3, -0.25) is 19.3 Å². The van der Waals surface area contributed by atoms with Crippen molar-refractivity contribution in [3.05, 3.63) is 41.4 Å². The van der Waals surface area contributed by atoms with Gasteiger partial charge in [0.1, 0.15) is 6.54 Å². The Morgan fingerprint density at radius 1 is 1.08 bits per heavy atom. The minimum absolute atomic E-state index is 0.174. The van der Waals surface area contributed by atoms with Gasteiger partial charge in [0.15, 0.2) is 0 Å². The number of likely N-dealkylation sites (tertiary alicyclic amines) is 1. The molecule has 0 spiro atoms. The van der Waals surface area contributed by atoms with Crippen LogP contribution in [0.2, 0.25) is 5.02 Å². The summed E-state index contributed by atoms with van der Waals surface area (Å²) in [4.78, 5) is 39.1. The summed E-state index contributed by atoms with van der Waals surface area (Å²) in [6.07, 6.45) is 5.37. The molecule has 1 aliphatic heterocycles. The third-order valence-electron chi connectivity index (χ3n) is 6.20. The van der Waals surface area contributed by atoms with E-state index in [1.54, 1.807) is 24.3 Å². The number of allylic oxidation sites excluding steroid dienone is 2. The van der Waals surface area contributed by atoms with Crippen molar-refractivity contribution in [1.82, 2.24) is 4.90 Å². The summed E-state index contributed by atoms with van der Waals surface area (Å²) in [7, 11) is 0. The topological polar surface area (TPSA) is 66.5 Å². The smallest absolute Gasteiger partial charge is 0.244 e. The number of hydrogen-bond acceptors (Lipinski definition) is 3. The number of carbonyl (C=O) groups is 3. The number of para-hydroxylation sites is 1. The number of nitrogens with zero attached hydrogens (tertiary/aromatic N) is 1. The van der Waals surface area contributed by atoms with Crippen LogP contribution in [0.5, 0.6) is 0 Å². The second-order valence-corrected chi connectivity index (χ2v) is 7.85. The lowest BCUT2D eigenvalue weighted by Gasteiger charge is -2.37. The number of hydrogen-bond donors (Lipinski definition) is 1. The lowest BCUT2D eigenvalue weighted by molar-refractivity contribution is -0.142. The van der Waals surface area contributed by atoms with Crippen molar-refractivity contribution in [1.29, 1.82) is 0 Å². The van der Waals surface area contributed by atoms with Crippen molar-refractivity contribution >= 4 is 35.0 Å². The fourth-order valence-corrected chi connectivity index (χ4v) is 5.25. The van der Waals surface area contributed by atoms with Gasteiger partial charge >= 0.3 is 0 Å². The zero-order valence-corrected chi connectivity index (χ0v) is 14.1. The lowest BCUT2D eigenvalue weighted by atomic mass is 9.63. The van der Waals surface area contributed by atoms with Crippen LogP contribution in [0.25, 0.3) is 0 Å². The fourth-order valence-electron chi connectivity index (χ4n) is 5.07. The Kier molecular flexibility index (Phi) is 3.14. The Morgan fingerprint density at radius 2 is 1.68 bits per heavy atom. The minimum Gasteiger partial charge on any atom is -0.323 e. The SMILES string of the molecule is O=C(CN1C(=O)[C@H]2[C@@H]3C=C[C@H]([C@H]4C[C@H]34)[C@@H]2C1=O)Nc1ccccc1Cl. The Morgan fingerprint density at radius 3 is 2.28 bits per heavy atom. The first-order chi connectivity index (χ1) is 12.1. The maximum absolute atomic E-state index is 12.8. The van der Waals surface area contributed by atoms with Crippen molar-refractivity contribution in [2.45, 2.75) is 6.42 Å². The van der Waals surface area contributed by atoms with Crippen LogP contribution in [0.3, 0.4) is 0 Å². The normalized spacial score (nSPS) is 37.1. The zero-order valence-electron chi connectivity index (χ0n) is 13.4. The third-order valence-corrected chi connectivity index (χ3v) is 6.53. The largest absolute Gasteiger partial charge is 0.323 e. The summed E-state index contributed by atoms with van der Waals surface area (Å²) in [5.74, 6) is 0.164. The molecule has 2 bridgehead atoms. The molecular weight excluding hydrogens is 340 g/mol. The van der Waals surface area contributed by atoms with Gasteiger partial charge in [0.05, 0.1) is 22.5 Å². The average Bonchev–Trinajstić information content (AvgIpc) is 3.38. The van der Waals surface area contributed by atoms with Gasteiger partial charge in [-0.05, 0) is 42.2 Å². The van der Waals surface area contributed by atoms with Gasteiger partial charge in [-0.15, -0.1) is 0 Å². The van der Waals surface area contributed by atoms with Gasteiger partial charge in [0.2, 0.25) is 17.7 Å². The minimum atomic E-state index is -0.404. The van der Waals surface area contributed by atoms with E-state index < -0.39 is 5.91 Å². The first-order valence-corrected chi connectivity index (χ1v) is 9.02. The molecule has 6 rings (SSSR count). The van der Waals surface area contributed by atoms with Crippen molar-refractivity contribution in [2.24, 2.45) is 35.5 Å². The first kappa shape index (κ1) is 15.1. The number of nitrogens with one attached hydrogen (secondary N) is 1. The first-order valence-electron chi connectivity index (χ1n) is 8.64. The highest BCUT2D eigenvalue weighted by Crippen LogP contribution is 2.65. The number of carbonyl (C=O) groups excluding carboxylic acids is 3. The van der Waals surface area contributed by atoms with Gasteiger partial charge in [-0.1, -0.05) is 35.9 Å². The number of halogens is 1. The lowest BCUT2D eigenvalue weighted by Crippen LogP contribution is -2.40. The molecule has 5 nitrogen and oxygen atoms in total. The van der Waals surface area contributed by atoms with E-state index in [0.717, 1.165) is 11.3 Å². The maximum atomic E-state index is 12.8. The second kappa shape index (κ2) is 5.18. The molecule has 1 heterocycles. The summed E-state index contributed by atoms with van der Waals surface area (Å²) in [6, 6.07) is 6.89. The van der Waals surface area contributed by atoms with Crippen molar-refractivity contribution < 1.29 is 14.4 Å². The van der Waals surface area contributed by atoms with Gasteiger partial charge in [0, 0.05) is 0 Å². The molecule has 6 atom stereocenters. The summed E-state index contributed by atoms with van der Waals surface area (Å²) >= 11 is 6.04. The Hall–Kier alpha value is -2.14. The standard InChI is InChI=1S/C19H17ClN2O3/c20-13-3-1-2-4-14(13)21-15(23)8-22-18(24)16-9-5-6-10(12-7-11(9)12)17(16)19(22)25/h1-6,9-12,16-17H,7-8H2,(H,21,23)/t9-,10-,11-,12-,16+,17+/m1/s1. The maximum Gasteiger partial charge on any atom is 0.244 e. The number of amides is 3. The Labute approximate surface area is 150 Å². The number of anilines is 1. The van der Waals surface area contributed by atoms with E-state index in [1.165, 1.54) is 0 Å². The highest BCUT2D eigenvalue weighted by Gasteiger charge is 2.67. The predicted molar refractivity (Wildman–Crippen MR) is 91.5 cm³/mol. The molecule has 1 aromatic carbocycles. The van der Waals surface area contributed by atoms with Crippen LogP contribution in [0.1, 0.15) is 6.42 Å². The molecule has 3 amide bonds. The summed E-state index contributed by atoms with van der Waals surface area (Å²) < 4.78 is 0. The quantitative estimate of drug-likeness (QED) is 0.667. The summed E-state index contributed by atoms with van der Waals surface area (Å²) in [5.41, 5.74) is 0.480.